The SMILES string of the molecule is O=C(Nc1ccc(F)cc1)c1coc(CN2CCN(CC(O)CN3CCOCC3)CC2)n1. The number of morpholine rings is 1. The molecule has 2 aliphatic rings. The normalized spacial score (nSPS) is 19.7. The summed E-state index contributed by atoms with van der Waals surface area (Å²) in [5.41, 5.74) is 0.682. The number of carbonyl (C=O) groups is 1. The van der Waals surface area contributed by atoms with E-state index in [2.05, 4.69) is 25.0 Å². The first-order valence-electron chi connectivity index (χ1n) is 11.0. The van der Waals surface area contributed by atoms with Gasteiger partial charge in [0.1, 0.15) is 12.1 Å². The molecule has 2 saturated heterocycles. The Morgan fingerprint density at radius 3 is 2.34 bits per heavy atom. The lowest BCUT2D eigenvalue weighted by Crippen LogP contribution is -2.50. The van der Waals surface area contributed by atoms with Gasteiger partial charge in [-0.2, -0.15) is 0 Å². The fraction of sp³-hybridized carbons (Fsp3) is 0.545. The molecule has 1 atom stereocenters. The van der Waals surface area contributed by atoms with E-state index in [9.17, 15) is 14.3 Å². The zero-order valence-corrected chi connectivity index (χ0v) is 18.1. The third-order valence-corrected chi connectivity index (χ3v) is 5.75. The van der Waals surface area contributed by atoms with Gasteiger partial charge in [0.05, 0.1) is 25.9 Å². The maximum absolute atomic E-state index is 13.0. The molecule has 0 radical (unpaired) electrons. The van der Waals surface area contributed by atoms with E-state index >= 15 is 0 Å². The minimum atomic E-state index is -0.398. The van der Waals surface area contributed by atoms with Crippen molar-refractivity contribution in [3.8, 4) is 0 Å². The number of carbonyl (C=O) groups excluding carboxylic acids is 1. The average molecular weight is 448 g/mol. The molecule has 1 aromatic heterocycles. The maximum atomic E-state index is 13.0. The number of aliphatic hydroxyl groups is 1. The van der Waals surface area contributed by atoms with Gasteiger partial charge in [-0.15, -0.1) is 0 Å². The number of aromatic nitrogens is 1. The number of β-amino-alcohol motifs (C(OH)–C–C–N with tert-alkyl or cyclic N) is 1. The summed E-state index contributed by atoms with van der Waals surface area (Å²) in [5, 5.41) is 13.1. The van der Waals surface area contributed by atoms with Crippen LogP contribution >= 0.6 is 0 Å². The third-order valence-electron chi connectivity index (χ3n) is 5.75. The second-order valence-corrected chi connectivity index (χ2v) is 8.23. The van der Waals surface area contributed by atoms with Gasteiger partial charge in [-0.25, -0.2) is 9.37 Å². The highest BCUT2D eigenvalue weighted by molar-refractivity contribution is 6.02. The fourth-order valence-electron chi connectivity index (χ4n) is 3.97. The summed E-state index contributed by atoms with van der Waals surface area (Å²) in [7, 11) is 0. The Labute approximate surface area is 186 Å². The van der Waals surface area contributed by atoms with E-state index < -0.39 is 5.91 Å². The molecule has 4 rings (SSSR count). The van der Waals surface area contributed by atoms with E-state index in [1.165, 1.54) is 30.5 Å². The zero-order chi connectivity index (χ0) is 22.3. The molecule has 1 unspecified atom stereocenters. The van der Waals surface area contributed by atoms with Crippen LogP contribution in [0.5, 0.6) is 0 Å². The first kappa shape index (κ1) is 22.8. The lowest BCUT2D eigenvalue weighted by molar-refractivity contribution is 0.00187. The van der Waals surface area contributed by atoms with Gasteiger partial charge in [-0.3, -0.25) is 19.5 Å². The zero-order valence-electron chi connectivity index (χ0n) is 18.1. The minimum absolute atomic E-state index is 0.189. The standard InChI is InChI=1S/C22H30FN5O4/c23-17-1-3-18(4-2-17)24-22(30)20-16-32-21(25-20)15-27-7-5-26(6-8-27)13-19(29)14-28-9-11-31-12-10-28/h1-4,16,19,29H,5-15H2,(H,24,30). The van der Waals surface area contributed by atoms with Crippen LogP contribution in [0.25, 0.3) is 0 Å². The number of ether oxygens (including phenoxy) is 1. The van der Waals surface area contributed by atoms with Crippen molar-refractivity contribution in [1.82, 2.24) is 19.7 Å². The third kappa shape index (κ3) is 6.57. The van der Waals surface area contributed by atoms with Crippen molar-refractivity contribution in [3.63, 3.8) is 0 Å². The van der Waals surface area contributed by atoms with Crippen LogP contribution in [0.1, 0.15) is 16.4 Å². The Hall–Kier alpha value is -2.37. The van der Waals surface area contributed by atoms with Crippen LogP contribution in [0.4, 0.5) is 10.1 Å². The highest BCUT2D eigenvalue weighted by atomic mass is 19.1. The number of hydrogen-bond acceptors (Lipinski definition) is 8. The second kappa shape index (κ2) is 11.0. The summed E-state index contributed by atoms with van der Waals surface area (Å²) in [6, 6.07) is 5.55. The molecule has 0 aliphatic carbocycles. The Morgan fingerprint density at radius 2 is 1.66 bits per heavy atom. The molecule has 2 aromatic rings. The molecular formula is C22H30FN5O4. The summed E-state index contributed by atoms with van der Waals surface area (Å²) in [6.45, 7) is 8.50. The van der Waals surface area contributed by atoms with E-state index in [0.717, 1.165) is 52.5 Å². The fourth-order valence-corrected chi connectivity index (χ4v) is 3.97. The molecule has 10 heteroatoms. The molecule has 2 N–H and O–H groups in total. The Balaban J connectivity index is 1.18. The van der Waals surface area contributed by atoms with Crippen molar-refractivity contribution in [2.75, 3.05) is 70.9 Å². The molecule has 0 bridgehead atoms. The first-order chi connectivity index (χ1) is 15.5. The van der Waals surface area contributed by atoms with Crippen molar-refractivity contribution in [1.29, 1.82) is 0 Å². The number of nitrogens with zero attached hydrogens (tertiary/aromatic N) is 4. The van der Waals surface area contributed by atoms with Gasteiger partial charge in [-0.1, -0.05) is 0 Å². The van der Waals surface area contributed by atoms with Crippen molar-refractivity contribution in [2.45, 2.75) is 12.6 Å². The lowest BCUT2D eigenvalue weighted by atomic mass is 10.2. The summed E-state index contributed by atoms with van der Waals surface area (Å²) >= 11 is 0. The number of halogens is 1. The molecule has 174 valence electrons. The van der Waals surface area contributed by atoms with E-state index in [0.29, 0.717) is 31.2 Å². The molecular weight excluding hydrogens is 417 g/mol. The summed E-state index contributed by atoms with van der Waals surface area (Å²) < 4.78 is 23.8. The minimum Gasteiger partial charge on any atom is -0.447 e. The van der Waals surface area contributed by atoms with Crippen LogP contribution in [-0.4, -0.2) is 102 Å². The monoisotopic (exact) mass is 447 g/mol. The molecule has 9 nitrogen and oxygen atoms in total. The van der Waals surface area contributed by atoms with E-state index in [1.807, 2.05) is 0 Å². The molecule has 2 fully saturated rings. The van der Waals surface area contributed by atoms with Gasteiger partial charge in [0.2, 0.25) is 5.89 Å². The van der Waals surface area contributed by atoms with Crippen molar-refractivity contribution < 1.29 is 23.4 Å². The lowest BCUT2D eigenvalue weighted by Gasteiger charge is -2.36. The van der Waals surface area contributed by atoms with Crippen LogP contribution in [0.3, 0.4) is 0 Å². The number of benzene rings is 1. The molecule has 1 amide bonds. The number of oxazole rings is 1. The topological polar surface area (TPSA) is 94.3 Å². The number of hydrogen-bond donors (Lipinski definition) is 2. The predicted octanol–water partition coefficient (Wildman–Crippen LogP) is 0.877. The molecule has 32 heavy (non-hydrogen) atoms. The molecule has 0 spiro atoms. The van der Waals surface area contributed by atoms with E-state index in [1.54, 1.807) is 0 Å². The average Bonchev–Trinajstić information content (AvgIpc) is 3.26. The van der Waals surface area contributed by atoms with Gasteiger partial charge >= 0.3 is 0 Å². The quantitative estimate of drug-likeness (QED) is 0.616. The number of aliphatic hydroxyl groups excluding tert-OH is 1. The molecule has 2 aliphatic heterocycles. The van der Waals surface area contributed by atoms with Gasteiger partial charge in [0.25, 0.3) is 5.91 Å². The van der Waals surface area contributed by atoms with E-state index in [-0.39, 0.29) is 17.6 Å². The number of rotatable bonds is 8. The maximum Gasteiger partial charge on any atom is 0.277 e. The smallest absolute Gasteiger partial charge is 0.277 e. The van der Waals surface area contributed by atoms with Gasteiger partial charge < -0.3 is 19.6 Å². The van der Waals surface area contributed by atoms with Crippen LogP contribution in [-0.2, 0) is 11.3 Å². The van der Waals surface area contributed by atoms with Gasteiger partial charge in [0.15, 0.2) is 5.69 Å². The number of nitrogens with one attached hydrogen (secondary N) is 1. The van der Waals surface area contributed by atoms with Crippen LogP contribution in [0.15, 0.2) is 34.9 Å². The summed E-state index contributed by atoms with van der Waals surface area (Å²) in [5.74, 6) is -0.279. The summed E-state index contributed by atoms with van der Waals surface area (Å²) in [6.07, 6.45) is 0.973. The van der Waals surface area contributed by atoms with E-state index in [4.69, 9.17) is 9.15 Å². The molecule has 3 heterocycles. The predicted molar refractivity (Wildman–Crippen MR) is 116 cm³/mol. The van der Waals surface area contributed by atoms with Gasteiger partial charge in [0, 0.05) is 58.0 Å². The second-order valence-electron chi connectivity index (χ2n) is 8.23. The van der Waals surface area contributed by atoms with Crippen molar-refractivity contribution in [3.05, 3.63) is 47.9 Å². The number of amides is 1. The van der Waals surface area contributed by atoms with Crippen molar-refractivity contribution in [2.24, 2.45) is 0 Å². The highest BCUT2D eigenvalue weighted by Crippen LogP contribution is 2.13. The highest BCUT2D eigenvalue weighted by Gasteiger charge is 2.23. The number of anilines is 1. The Bertz CT molecular complexity index is 863. The Kier molecular flexibility index (Phi) is 7.82. The van der Waals surface area contributed by atoms with Crippen LogP contribution < -0.4 is 5.32 Å². The largest absolute Gasteiger partial charge is 0.447 e. The summed E-state index contributed by atoms with van der Waals surface area (Å²) in [4.78, 5) is 23.3. The first-order valence-corrected chi connectivity index (χ1v) is 11.0. The number of piperazine rings is 1. The van der Waals surface area contributed by atoms with Crippen LogP contribution in [0, 0.1) is 5.82 Å². The Morgan fingerprint density at radius 1 is 1.03 bits per heavy atom. The van der Waals surface area contributed by atoms with Crippen LogP contribution in [0.2, 0.25) is 0 Å². The molecule has 0 saturated carbocycles. The van der Waals surface area contributed by atoms with Crippen molar-refractivity contribution >= 4 is 11.6 Å². The van der Waals surface area contributed by atoms with Gasteiger partial charge in [-0.05, 0) is 24.3 Å². The molecule has 1 aromatic carbocycles.